The second-order valence-corrected chi connectivity index (χ2v) is 14.7. The summed E-state index contributed by atoms with van der Waals surface area (Å²) >= 11 is 0.871. The zero-order valence-electron chi connectivity index (χ0n) is 28.4. The van der Waals surface area contributed by atoms with Crippen LogP contribution >= 0.6 is 11.3 Å². The van der Waals surface area contributed by atoms with E-state index in [4.69, 9.17) is 0 Å². The molecule has 5 aromatic rings. The number of thiophene rings is 1. The van der Waals surface area contributed by atoms with Crippen LogP contribution in [0.15, 0.2) is 72.0 Å². The number of halogens is 4. The van der Waals surface area contributed by atoms with Crippen molar-refractivity contribution >= 4 is 34.2 Å². The number of nitrogens with zero attached hydrogens (tertiary/aromatic N) is 6. The van der Waals surface area contributed by atoms with E-state index in [-0.39, 0.29) is 73.0 Å². The quantitative estimate of drug-likeness (QED) is 0.227. The van der Waals surface area contributed by atoms with Gasteiger partial charge in [0.05, 0.1) is 17.5 Å². The molecule has 2 fully saturated rings. The minimum Gasteiger partial charge on any atom is -0.388 e. The first-order chi connectivity index (χ1) is 24.7. The van der Waals surface area contributed by atoms with Gasteiger partial charge in [-0.25, -0.2) is 9.37 Å². The van der Waals surface area contributed by atoms with Crippen molar-refractivity contribution in [1.82, 2.24) is 28.9 Å². The molecule has 2 amide bonds. The molecule has 15 heteroatoms. The van der Waals surface area contributed by atoms with Gasteiger partial charge in [0.25, 0.3) is 11.5 Å². The first kappa shape index (κ1) is 35.5. The van der Waals surface area contributed by atoms with E-state index in [9.17, 15) is 32.7 Å². The molecule has 272 valence electrons. The monoisotopic (exact) mass is 736 g/mol. The molecule has 0 radical (unpaired) electrons. The van der Waals surface area contributed by atoms with E-state index < -0.39 is 41.0 Å². The zero-order chi connectivity index (χ0) is 36.9. The number of likely N-dealkylation sites (tertiary alicyclic amines) is 2. The molecular formula is C37H36F4N6O4S. The van der Waals surface area contributed by atoms with Crippen LogP contribution in [-0.4, -0.2) is 77.6 Å². The van der Waals surface area contributed by atoms with Crippen LogP contribution in [-0.2, 0) is 24.6 Å². The Hall–Kier alpha value is -4.89. The molecule has 2 saturated heterocycles. The summed E-state index contributed by atoms with van der Waals surface area (Å²) in [6, 6.07) is 13.1. The number of hydrogen-bond donors (Lipinski definition) is 1. The second kappa shape index (κ2) is 13.6. The van der Waals surface area contributed by atoms with Crippen LogP contribution in [0.4, 0.5) is 17.6 Å². The third kappa shape index (κ3) is 6.62. The molecule has 0 saturated carbocycles. The van der Waals surface area contributed by atoms with Crippen LogP contribution in [0.1, 0.15) is 51.7 Å². The van der Waals surface area contributed by atoms with Gasteiger partial charge in [0.1, 0.15) is 28.4 Å². The topological polar surface area (TPSA) is 114 Å². The molecule has 0 aliphatic carbocycles. The molecule has 2 aliphatic rings. The number of aromatic nitrogens is 4. The van der Waals surface area contributed by atoms with Crippen molar-refractivity contribution in [3.8, 4) is 10.4 Å². The van der Waals surface area contributed by atoms with Crippen LogP contribution < -0.4 is 5.56 Å². The fourth-order valence-corrected chi connectivity index (χ4v) is 8.51. The highest BCUT2D eigenvalue weighted by Crippen LogP contribution is 2.40. The summed E-state index contributed by atoms with van der Waals surface area (Å²) in [6.45, 7) is 2.45. The molecule has 2 aliphatic heterocycles. The van der Waals surface area contributed by atoms with Crippen molar-refractivity contribution in [2.75, 3.05) is 26.2 Å². The number of hydrogen-bond acceptors (Lipinski definition) is 7. The predicted molar refractivity (Wildman–Crippen MR) is 186 cm³/mol. The molecule has 7 rings (SSSR count). The predicted octanol–water partition coefficient (Wildman–Crippen LogP) is 5.62. The van der Waals surface area contributed by atoms with Crippen LogP contribution in [0, 0.1) is 18.7 Å². The highest BCUT2D eigenvalue weighted by Gasteiger charge is 2.42. The van der Waals surface area contributed by atoms with Gasteiger partial charge in [-0.3, -0.25) is 23.9 Å². The highest BCUT2D eigenvalue weighted by atomic mass is 32.1. The summed E-state index contributed by atoms with van der Waals surface area (Å²) in [6.07, 6.45) is 0.458. The number of carbonyl (C=O) groups excluding carboxylic acids is 2. The number of alkyl halides is 3. The van der Waals surface area contributed by atoms with Gasteiger partial charge in [-0.2, -0.15) is 13.2 Å². The lowest BCUT2D eigenvalue weighted by Crippen LogP contribution is -2.53. The third-order valence-electron chi connectivity index (χ3n) is 10.3. The van der Waals surface area contributed by atoms with Gasteiger partial charge in [0, 0.05) is 73.5 Å². The van der Waals surface area contributed by atoms with Crippen LogP contribution in [0.3, 0.4) is 0 Å². The van der Waals surface area contributed by atoms with Crippen LogP contribution in [0.5, 0.6) is 0 Å². The Morgan fingerprint density at radius 1 is 1.02 bits per heavy atom. The average Bonchev–Trinajstić information content (AvgIpc) is 3.67. The van der Waals surface area contributed by atoms with Crippen molar-refractivity contribution in [3.05, 3.63) is 105 Å². The van der Waals surface area contributed by atoms with Crippen LogP contribution in [0.2, 0.25) is 0 Å². The Kier molecular flexibility index (Phi) is 9.28. The standard InChI is InChI=1S/C37H36F4N6O4S/c1-22-29(38)31(52-30(22)24-8-9-28(42-18-24)37(39,40)41)35(50)46-15-11-25(27(19-46)23-6-4-3-5-7-23)33(48)45-16-12-36(51,13-17-45)20-47-21-43-32-26(34(47)49)10-14-44(32)2/h3-10,14,18,21,25,27,51H,11-13,15-17,19-20H2,1-2H3/t25-,27+/m1/s1. The van der Waals surface area contributed by atoms with E-state index in [0.717, 1.165) is 29.2 Å². The first-order valence-electron chi connectivity index (χ1n) is 16.9. The number of piperidine rings is 2. The Morgan fingerprint density at radius 2 is 1.75 bits per heavy atom. The SMILES string of the molecule is Cc1c(-c2ccc(C(F)(F)F)nc2)sc(C(=O)N2CC[C@@H](C(=O)N3CCC(O)(Cn4cnc5c(ccn5C)c4=O)CC3)[C@H](c3ccccc3)C2)c1F. The molecule has 0 unspecified atom stereocenters. The summed E-state index contributed by atoms with van der Waals surface area (Å²) in [5, 5.41) is 11.9. The van der Waals surface area contributed by atoms with E-state index in [0.29, 0.717) is 22.3 Å². The summed E-state index contributed by atoms with van der Waals surface area (Å²) in [7, 11) is 1.80. The molecular weight excluding hydrogens is 701 g/mol. The van der Waals surface area contributed by atoms with E-state index in [1.54, 1.807) is 28.8 Å². The van der Waals surface area contributed by atoms with E-state index in [2.05, 4.69) is 9.97 Å². The average molecular weight is 737 g/mol. The fraction of sp³-hybridized carbons (Fsp3) is 0.378. The molecule has 0 bridgehead atoms. The van der Waals surface area contributed by atoms with Gasteiger partial charge in [0.15, 0.2) is 0 Å². The molecule has 0 spiro atoms. The highest BCUT2D eigenvalue weighted by molar-refractivity contribution is 7.17. The molecule has 10 nitrogen and oxygen atoms in total. The summed E-state index contributed by atoms with van der Waals surface area (Å²) in [4.78, 5) is 52.4. The lowest BCUT2D eigenvalue weighted by atomic mass is 9.79. The number of pyridine rings is 1. The molecule has 52 heavy (non-hydrogen) atoms. The van der Waals surface area contributed by atoms with Crippen LogP contribution in [0.25, 0.3) is 21.5 Å². The van der Waals surface area contributed by atoms with Gasteiger partial charge in [0.2, 0.25) is 5.91 Å². The van der Waals surface area contributed by atoms with Gasteiger partial charge in [-0.1, -0.05) is 30.3 Å². The number of benzene rings is 1. The molecule has 6 heterocycles. The van der Waals surface area contributed by atoms with Gasteiger partial charge in [-0.15, -0.1) is 11.3 Å². The Morgan fingerprint density at radius 3 is 2.42 bits per heavy atom. The van der Waals surface area contributed by atoms with Gasteiger partial charge >= 0.3 is 6.18 Å². The minimum absolute atomic E-state index is 0.0503. The van der Waals surface area contributed by atoms with Crippen molar-refractivity contribution in [3.63, 3.8) is 0 Å². The number of aryl methyl sites for hydroxylation is 1. The first-order valence-corrected chi connectivity index (χ1v) is 17.7. The Balaban J connectivity index is 1.06. The smallest absolute Gasteiger partial charge is 0.388 e. The lowest BCUT2D eigenvalue weighted by Gasteiger charge is -2.43. The Labute approximate surface area is 300 Å². The van der Waals surface area contributed by atoms with Gasteiger partial charge < -0.3 is 19.5 Å². The Bertz CT molecular complexity index is 2190. The summed E-state index contributed by atoms with van der Waals surface area (Å²) in [5.74, 6) is -2.25. The number of rotatable bonds is 6. The van der Waals surface area contributed by atoms with Crippen molar-refractivity contribution in [2.24, 2.45) is 13.0 Å². The maximum atomic E-state index is 15.6. The third-order valence-corrected chi connectivity index (χ3v) is 11.7. The maximum Gasteiger partial charge on any atom is 0.433 e. The van der Waals surface area contributed by atoms with E-state index in [1.807, 2.05) is 30.3 Å². The minimum atomic E-state index is -4.62. The second-order valence-electron chi connectivity index (χ2n) is 13.7. The van der Waals surface area contributed by atoms with E-state index in [1.165, 1.54) is 28.8 Å². The number of carbonyl (C=O) groups is 2. The molecule has 4 aromatic heterocycles. The van der Waals surface area contributed by atoms with Crippen molar-refractivity contribution < 1.29 is 32.3 Å². The largest absolute Gasteiger partial charge is 0.433 e. The molecule has 2 atom stereocenters. The molecule has 1 aromatic carbocycles. The summed E-state index contributed by atoms with van der Waals surface area (Å²) in [5.41, 5.74) is -0.685. The lowest BCUT2D eigenvalue weighted by molar-refractivity contribution is -0.142. The molecule has 1 N–H and O–H groups in total. The van der Waals surface area contributed by atoms with Crippen molar-refractivity contribution in [1.29, 1.82) is 0 Å². The number of amides is 2. The van der Waals surface area contributed by atoms with Crippen molar-refractivity contribution in [2.45, 2.75) is 50.4 Å². The number of aliphatic hydroxyl groups is 1. The normalized spacial score (nSPS) is 19.3. The fourth-order valence-electron chi connectivity index (χ4n) is 7.36. The van der Waals surface area contributed by atoms with Gasteiger partial charge in [-0.05, 0) is 49.9 Å². The number of fused-ring (bicyclic) bond motifs is 1. The summed E-state index contributed by atoms with van der Waals surface area (Å²) < 4.78 is 57.9. The zero-order valence-corrected chi connectivity index (χ0v) is 29.3. The maximum absolute atomic E-state index is 15.6. The van der Waals surface area contributed by atoms with E-state index >= 15 is 4.39 Å².